The second-order valence-electron chi connectivity index (χ2n) is 12.0. The van der Waals surface area contributed by atoms with Crippen molar-refractivity contribution in [1.82, 2.24) is 20.4 Å². The fraction of sp³-hybridized carbons (Fsp3) is 0.485. The molecule has 13 nitrogen and oxygen atoms in total. The average molecular weight is 638 g/mol. The number of primary amides is 1. The van der Waals surface area contributed by atoms with Crippen LogP contribution in [-0.2, 0) is 36.9 Å². The van der Waals surface area contributed by atoms with Crippen LogP contribution in [0.25, 0.3) is 0 Å². The topological polar surface area (TPSA) is 192 Å². The molecule has 13 heteroatoms. The van der Waals surface area contributed by atoms with E-state index in [4.69, 9.17) is 10.5 Å². The van der Waals surface area contributed by atoms with E-state index >= 15 is 0 Å². The summed E-state index contributed by atoms with van der Waals surface area (Å²) in [4.78, 5) is 69.6. The third kappa shape index (κ3) is 7.83. The largest absolute Gasteiger partial charge is 0.445 e. The maximum atomic E-state index is 14.3. The van der Waals surface area contributed by atoms with Crippen molar-refractivity contribution in [2.75, 3.05) is 13.1 Å². The van der Waals surface area contributed by atoms with Gasteiger partial charge in [0, 0.05) is 19.5 Å². The van der Waals surface area contributed by atoms with Gasteiger partial charge in [0.15, 0.2) is 0 Å². The first-order valence-electron chi connectivity index (χ1n) is 15.5. The zero-order valence-electron chi connectivity index (χ0n) is 26.1. The zero-order valence-corrected chi connectivity index (χ0v) is 26.1. The lowest BCUT2D eigenvalue weighted by Crippen LogP contribution is -2.65. The summed E-state index contributed by atoms with van der Waals surface area (Å²) in [5.74, 6) is -2.66. The Hall–Kier alpha value is -4.49. The molecule has 6 N–H and O–H groups in total. The number of aliphatic hydroxyl groups is 2. The van der Waals surface area contributed by atoms with E-state index in [9.17, 15) is 34.2 Å². The fourth-order valence-electron chi connectivity index (χ4n) is 6.26. The minimum Gasteiger partial charge on any atom is -0.445 e. The number of nitrogens with zero attached hydrogens (tertiary/aromatic N) is 2. The molecule has 2 aromatic rings. The van der Waals surface area contributed by atoms with Crippen molar-refractivity contribution >= 4 is 29.7 Å². The van der Waals surface area contributed by atoms with Crippen LogP contribution in [0.1, 0.15) is 50.7 Å². The first-order valence-corrected chi connectivity index (χ1v) is 15.5. The van der Waals surface area contributed by atoms with E-state index in [0.717, 1.165) is 11.1 Å². The quantitative estimate of drug-likeness (QED) is 0.224. The van der Waals surface area contributed by atoms with Gasteiger partial charge in [-0.1, -0.05) is 60.7 Å². The van der Waals surface area contributed by atoms with Crippen LogP contribution in [0.15, 0.2) is 60.7 Å². The van der Waals surface area contributed by atoms with Gasteiger partial charge in [-0.15, -0.1) is 0 Å². The lowest BCUT2D eigenvalue weighted by Gasteiger charge is -2.41. The molecule has 4 rings (SSSR count). The molecule has 0 aromatic heterocycles. The minimum absolute atomic E-state index is 0.0373. The third-order valence-electron chi connectivity index (χ3n) is 8.65. The molecule has 2 heterocycles. The van der Waals surface area contributed by atoms with Gasteiger partial charge in [0.2, 0.25) is 23.6 Å². The number of carbonyl (C=O) groups is 5. The van der Waals surface area contributed by atoms with Crippen molar-refractivity contribution in [3.63, 3.8) is 0 Å². The summed E-state index contributed by atoms with van der Waals surface area (Å²) in [6.07, 6.45) is -1.78. The number of likely N-dealkylation sites (tertiary alicyclic amines) is 2. The molecule has 248 valence electrons. The zero-order chi connectivity index (χ0) is 33.4. The normalized spacial score (nSPS) is 22.0. The number of alkyl carbamates (subject to hydrolysis) is 1. The van der Waals surface area contributed by atoms with Crippen LogP contribution in [0, 0.1) is 0 Å². The number of carbonyl (C=O) groups excluding carboxylic acids is 5. The molecule has 2 saturated heterocycles. The summed E-state index contributed by atoms with van der Waals surface area (Å²) >= 11 is 0. The molecule has 2 fully saturated rings. The van der Waals surface area contributed by atoms with Crippen molar-refractivity contribution in [2.45, 2.75) is 88.4 Å². The lowest BCUT2D eigenvalue weighted by atomic mass is 9.86. The highest BCUT2D eigenvalue weighted by molar-refractivity contribution is 5.98. The van der Waals surface area contributed by atoms with Crippen molar-refractivity contribution in [3.8, 4) is 0 Å². The van der Waals surface area contributed by atoms with Gasteiger partial charge in [0.1, 0.15) is 30.3 Å². The van der Waals surface area contributed by atoms with E-state index in [1.54, 1.807) is 24.3 Å². The lowest BCUT2D eigenvalue weighted by molar-refractivity contribution is -0.153. The number of nitrogens with one attached hydrogen (secondary N) is 2. The highest BCUT2D eigenvalue weighted by Crippen LogP contribution is 2.36. The summed E-state index contributed by atoms with van der Waals surface area (Å²) in [7, 11) is 0. The Morgan fingerprint density at radius 3 is 2.09 bits per heavy atom. The highest BCUT2D eigenvalue weighted by Gasteiger charge is 2.53. The average Bonchev–Trinajstić information content (AvgIpc) is 3.70. The molecule has 6 atom stereocenters. The second-order valence-corrected chi connectivity index (χ2v) is 12.0. The summed E-state index contributed by atoms with van der Waals surface area (Å²) in [5, 5.41) is 25.6. The van der Waals surface area contributed by atoms with E-state index in [0.29, 0.717) is 19.3 Å². The molecule has 46 heavy (non-hydrogen) atoms. The Balaban J connectivity index is 1.56. The fourth-order valence-corrected chi connectivity index (χ4v) is 6.26. The minimum atomic E-state index is -1.43. The van der Waals surface area contributed by atoms with Crippen molar-refractivity contribution in [1.29, 1.82) is 0 Å². The van der Waals surface area contributed by atoms with Crippen LogP contribution in [0.2, 0.25) is 0 Å². The predicted molar refractivity (Wildman–Crippen MR) is 167 cm³/mol. The number of benzene rings is 2. The Morgan fingerprint density at radius 1 is 0.891 bits per heavy atom. The number of hydrogen-bond acceptors (Lipinski definition) is 8. The van der Waals surface area contributed by atoms with Crippen molar-refractivity contribution in [2.24, 2.45) is 5.73 Å². The number of hydrogen-bond donors (Lipinski definition) is 5. The van der Waals surface area contributed by atoms with Crippen LogP contribution >= 0.6 is 0 Å². The van der Waals surface area contributed by atoms with Crippen LogP contribution in [0.4, 0.5) is 4.79 Å². The maximum absolute atomic E-state index is 14.3. The summed E-state index contributed by atoms with van der Waals surface area (Å²) in [5.41, 5.74) is 5.55. The molecule has 6 unspecified atom stereocenters. The Labute approximate surface area is 268 Å². The molecule has 0 bridgehead atoms. The summed E-state index contributed by atoms with van der Waals surface area (Å²) in [6.45, 7) is 3.09. The molecule has 0 saturated carbocycles. The van der Waals surface area contributed by atoms with Crippen LogP contribution in [0.3, 0.4) is 0 Å². The molecular weight excluding hydrogens is 594 g/mol. The van der Waals surface area contributed by atoms with Gasteiger partial charge >= 0.3 is 6.09 Å². The molecule has 0 spiro atoms. The Kier molecular flexibility index (Phi) is 11.4. The molecular formula is C33H43N5O8. The van der Waals surface area contributed by atoms with E-state index in [1.165, 1.54) is 23.6 Å². The van der Waals surface area contributed by atoms with Gasteiger partial charge in [0.25, 0.3) is 0 Å². The van der Waals surface area contributed by atoms with Gasteiger partial charge in [-0.3, -0.25) is 19.2 Å². The maximum Gasteiger partial charge on any atom is 0.408 e. The second kappa shape index (κ2) is 15.2. The van der Waals surface area contributed by atoms with Gasteiger partial charge < -0.3 is 41.1 Å². The number of nitrogens with two attached hydrogens (primary N) is 1. The van der Waals surface area contributed by atoms with Crippen LogP contribution in [-0.4, -0.2) is 98.7 Å². The molecule has 2 aliphatic rings. The van der Waals surface area contributed by atoms with Gasteiger partial charge in [-0.2, -0.15) is 0 Å². The van der Waals surface area contributed by atoms with E-state index in [-0.39, 0.29) is 32.5 Å². The molecule has 5 amide bonds. The highest BCUT2D eigenvalue weighted by atomic mass is 16.5. The van der Waals surface area contributed by atoms with Crippen LogP contribution < -0.4 is 16.4 Å². The van der Waals surface area contributed by atoms with Gasteiger partial charge in [-0.05, 0) is 50.7 Å². The van der Waals surface area contributed by atoms with E-state index < -0.39 is 65.6 Å². The molecule has 2 aliphatic heterocycles. The SMILES string of the molecule is CC(O)C(NC(=O)C1(Cc2ccccc2)CCCN1C(=O)C1CCCN1C(=O)C(NC(=O)OCc1ccccc1)C(C)O)C(N)=O. The van der Waals surface area contributed by atoms with Crippen molar-refractivity contribution < 1.29 is 38.9 Å². The van der Waals surface area contributed by atoms with E-state index in [2.05, 4.69) is 10.6 Å². The number of ether oxygens (including phenoxy) is 1. The molecule has 0 radical (unpaired) electrons. The Morgan fingerprint density at radius 2 is 1.50 bits per heavy atom. The summed E-state index contributed by atoms with van der Waals surface area (Å²) in [6, 6.07) is 14.4. The number of aliphatic hydroxyl groups excluding tert-OH is 2. The van der Waals surface area contributed by atoms with Crippen LogP contribution in [0.5, 0.6) is 0 Å². The number of amides is 5. The first-order chi connectivity index (χ1) is 21.9. The number of rotatable bonds is 12. The molecule has 2 aromatic carbocycles. The van der Waals surface area contributed by atoms with Gasteiger partial charge in [-0.25, -0.2) is 4.79 Å². The summed E-state index contributed by atoms with van der Waals surface area (Å²) < 4.78 is 5.25. The van der Waals surface area contributed by atoms with Crippen molar-refractivity contribution in [3.05, 3.63) is 71.8 Å². The first kappa shape index (κ1) is 34.4. The standard InChI is InChI=1S/C33H43N5O8/c1-21(39)26(28(34)41)35-31(44)33(19-23-11-5-3-6-12-23)16-10-18-38(33)29(42)25-15-9-17-37(25)30(43)27(22(2)40)36-32(45)46-20-24-13-7-4-8-14-24/h3-8,11-14,21-22,25-27,39-40H,9-10,15-20H2,1-2H3,(H2,34,41)(H,35,44)(H,36,45). The Bertz CT molecular complexity index is 1390. The van der Waals surface area contributed by atoms with Gasteiger partial charge in [0.05, 0.1) is 12.2 Å². The van der Waals surface area contributed by atoms with E-state index in [1.807, 2.05) is 36.4 Å². The predicted octanol–water partition coefficient (Wildman–Crippen LogP) is 0.608. The molecule has 0 aliphatic carbocycles. The monoisotopic (exact) mass is 637 g/mol. The smallest absolute Gasteiger partial charge is 0.408 e. The third-order valence-corrected chi connectivity index (χ3v) is 8.65.